The zero-order chi connectivity index (χ0) is 13.2. The largest absolute Gasteiger partial charge is 0.373 e. The lowest BCUT2D eigenvalue weighted by atomic mass is 10.3. The average Bonchev–Trinajstić information content (AvgIpc) is 2.40. The normalized spacial score (nSPS) is 9.21. The number of aliphatic imine (C=N–C) groups is 1. The van der Waals surface area contributed by atoms with Crippen LogP contribution in [0.1, 0.15) is 13.8 Å². The molecule has 0 aliphatic rings. The molecule has 0 radical (unpaired) electrons. The van der Waals surface area contributed by atoms with Gasteiger partial charge in [-0.15, -0.1) is 24.0 Å². The lowest BCUT2D eigenvalue weighted by Crippen LogP contribution is -2.37. The third-order valence-corrected chi connectivity index (χ3v) is 2.59. The number of nitrogens with zero attached hydrogens (tertiary/aromatic N) is 2. The van der Waals surface area contributed by atoms with E-state index in [1.54, 1.807) is 0 Å². The minimum Gasteiger partial charge on any atom is -0.373 e. The molecule has 1 aromatic carbocycles. The molecule has 2 N–H and O–H groups in total. The van der Waals surface area contributed by atoms with Crippen LogP contribution in [0.2, 0.25) is 0 Å². The molecular weight excluding hydrogens is 351 g/mol. The molecule has 0 fully saturated rings. The maximum atomic E-state index is 4.52. The fourth-order valence-electron chi connectivity index (χ4n) is 1.63. The smallest absolute Gasteiger partial charge is 0.191 e. The molecule has 0 saturated carbocycles. The third-order valence-electron chi connectivity index (χ3n) is 2.59. The van der Waals surface area contributed by atoms with Crippen LogP contribution >= 0.6 is 24.0 Å². The Bertz CT molecular complexity index is 346. The first-order valence-corrected chi connectivity index (χ1v) is 6.56. The molecule has 19 heavy (non-hydrogen) atoms. The van der Waals surface area contributed by atoms with Crippen molar-refractivity contribution in [3.05, 3.63) is 30.3 Å². The molecule has 1 aromatic rings. The quantitative estimate of drug-likeness (QED) is 0.455. The predicted molar refractivity (Wildman–Crippen MR) is 94.8 cm³/mol. The van der Waals surface area contributed by atoms with E-state index in [-0.39, 0.29) is 24.0 Å². The summed E-state index contributed by atoms with van der Waals surface area (Å²) in [6, 6.07) is 10.4. The second kappa shape index (κ2) is 10.9. The van der Waals surface area contributed by atoms with E-state index in [1.807, 2.05) is 6.07 Å². The van der Waals surface area contributed by atoms with Crippen molar-refractivity contribution in [2.75, 3.05) is 38.1 Å². The Hall–Kier alpha value is -0.980. The van der Waals surface area contributed by atoms with Crippen molar-refractivity contribution in [2.24, 2.45) is 4.99 Å². The van der Waals surface area contributed by atoms with Gasteiger partial charge in [0.15, 0.2) is 5.96 Å². The summed E-state index contributed by atoms with van der Waals surface area (Å²) in [5.74, 6) is 0.890. The summed E-state index contributed by atoms with van der Waals surface area (Å²) in [5, 5.41) is 6.43. The fraction of sp³-hybridized carbons (Fsp3) is 0.500. The molecule has 0 aliphatic heterocycles. The van der Waals surface area contributed by atoms with E-state index in [2.05, 4.69) is 65.7 Å². The number of halogens is 1. The number of hydrogen-bond donors (Lipinski definition) is 2. The lowest BCUT2D eigenvalue weighted by Gasteiger charge is -2.18. The Labute approximate surface area is 133 Å². The summed E-state index contributed by atoms with van der Waals surface area (Å²) in [5.41, 5.74) is 1.22. The number of likely N-dealkylation sites (N-methyl/N-ethyl adjacent to an activating group) is 1. The summed E-state index contributed by atoms with van der Waals surface area (Å²) in [6.07, 6.45) is 0. The number of hydrogen-bond acceptors (Lipinski definition) is 2. The molecule has 0 unspecified atom stereocenters. The molecule has 0 amide bonds. The molecule has 0 bridgehead atoms. The highest BCUT2D eigenvalue weighted by Gasteiger charge is 1.99. The summed E-state index contributed by atoms with van der Waals surface area (Å²) in [4.78, 5) is 6.73. The number of rotatable bonds is 6. The minimum absolute atomic E-state index is 0. The highest BCUT2D eigenvalue weighted by Crippen LogP contribution is 2.09. The van der Waals surface area contributed by atoms with Gasteiger partial charge in [-0.25, -0.2) is 0 Å². The van der Waals surface area contributed by atoms with Gasteiger partial charge in [0.1, 0.15) is 0 Å². The van der Waals surface area contributed by atoms with Crippen molar-refractivity contribution < 1.29 is 0 Å². The number of anilines is 1. The van der Waals surface area contributed by atoms with E-state index < -0.39 is 0 Å². The van der Waals surface area contributed by atoms with Crippen LogP contribution in [-0.4, -0.2) is 39.2 Å². The molecule has 0 atom stereocenters. The minimum atomic E-state index is 0. The topological polar surface area (TPSA) is 39.7 Å². The van der Waals surface area contributed by atoms with Crippen molar-refractivity contribution >= 4 is 35.6 Å². The van der Waals surface area contributed by atoms with Crippen molar-refractivity contribution in [1.82, 2.24) is 10.6 Å². The van der Waals surface area contributed by atoms with Crippen LogP contribution in [0.15, 0.2) is 35.3 Å². The van der Waals surface area contributed by atoms with Crippen LogP contribution in [0.4, 0.5) is 5.69 Å². The summed E-state index contributed by atoms with van der Waals surface area (Å²) in [7, 11) is 2.09. The maximum absolute atomic E-state index is 4.52. The zero-order valence-corrected chi connectivity index (χ0v) is 14.3. The van der Waals surface area contributed by atoms with E-state index in [0.29, 0.717) is 0 Å². The van der Waals surface area contributed by atoms with E-state index >= 15 is 0 Å². The molecule has 4 nitrogen and oxygen atoms in total. The van der Waals surface area contributed by atoms with Gasteiger partial charge in [-0.05, 0) is 26.0 Å². The highest BCUT2D eigenvalue weighted by atomic mass is 127. The van der Waals surface area contributed by atoms with Crippen LogP contribution in [0, 0.1) is 0 Å². The number of guanidine groups is 1. The summed E-state index contributed by atoms with van der Waals surface area (Å²) >= 11 is 0. The number of nitrogens with one attached hydrogen (secondary N) is 2. The van der Waals surface area contributed by atoms with Gasteiger partial charge in [-0.2, -0.15) is 0 Å². The molecule has 0 aromatic heterocycles. The van der Waals surface area contributed by atoms with Crippen molar-refractivity contribution in [3.8, 4) is 0 Å². The van der Waals surface area contributed by atoms with Crippen molar-refractivity contribution in [2.45, 2.75) is 13.8 Å². The molecule has 1 rings (SSSR count). The molecule has 0 aliphatic carbocycles. The Morgan fingerprint density at radius 3 is 2.21 bits per heavy atom. The van der Waals surface area contributed by atoms with Gasteiger partial charge in [-0.1, -0.05) is 18.2 Å². The van der Waals surface area contributed by atoms with Crippen molar-refractivity contribution in [3.63, 3.8) is 0 Å². The molecule has 108 valence electrons. The Morgan fingerprint density at radius 1 is 1.11 bits per heavy atom. The van der Waals surface area contributed by atoms with E-state index in [4.69, 9.17) is 0 Å². The first kappa shape index (κ1) is 18.0. The standard InChI is InChI=1S/C14H24N4.HI/c1-4-15-14(16-5-2)17-11-12-18(3)13-9-7-6-8-10-13;/h6-10H,4-5,11-12H2,1-3H3,(H2,15,16,17);1H. The Kier molecular flexibility index (Phi) is 10.3. The second-order valence-corrected chi connectivity index (χ2v) is 4.05. The van der Waals surface area contributed by atoms with Gasteiger partial charge in [0.25, 0.3) is 0 Å². The molecular formula is C14H25IN4. The maximum Gasteiger partial charge on any atom is 0.191 e. The SMILES string of the molecule is CCNC(=NCCN(C)c1ccccc1)NCC.I. The van der Waals surface area contributed by atoms with Crippen LogP contribution in [-0.2, 0) is 0 Å². The van der Waals surface area contributed by atoms with Crippen LogP contribution < -0.4 is 15.5 Å². The first-order chi connectivity index (χ1) is 8.77. The number of para-hydroxylation sites is 1. The third kappa shape index (κ3) is 7.25. The fourth-order valence-corrected chi connectivity index (χ4v) is 1.63. The molecule has 5 heteroatoms. The summed E-state index contributed by atoms with van der Waals surface area (Å²) < 4.78 is 0. The number of benzene rings is 1. The zero-order valence-electron chi connectivity index (χ0n) is 12.0. The molecule has 0 heterocycles. The lowest BCUT2D eigenvalue weighted by molar-refractivity contribution is 0.821. The van der Waals surface area contributed by atoms with Gasteiger partial charge in [-0.3, -0.25) is 4.99 Å². The average molecular weight is 376 g/mol. The highest BCUT2D eigenvalue weighted by molar-refractivity contribution is 14.0. The van der Waals surface area contributed by atoms with Gasteiger partial charge >= 0.3 is 0 Å². The van der Waals surface area contributed by atoms with Crippen molar-refractivity contribution in [1.29, 1.82) is 0 Å². The summed E-state index contributed by atoms with van der Waals surface area (Å²) in [6.45, 7) is 7.61. The molecule has 0 spiro atoms. The van der Waals surface area contributed by atoms with E-state index in [1.165, 1.54) is 5.69 Å². The second-order valence-electron chi connectivity index (χ2n) is 4.05. The van der Waals surface area contributed by atoms with Gasteiger partial charge in [0, 0.05) is 32.4 Å². The molecule has 0 saturated heterocycles. The van der Waals surface area contributed by atoms with Crippen LogP contribution in [0.5, 0.6) is 0 Å². The van der Waals surface area contributed by atoms with Crippen LogP contribution in [0.3, 0.4) is 0 Å². The monoisotopic (exact) mass is 376 g/mol. The first-order valence-electron chi connectivity index (χ1n) is 6.56. The van der Waals surface area contributed by atoms with Gasteiger partial charge in [0.2, 0.25) is 0 Å². The van der Waals surface area contributed by atoms with Crippen LogP contribution in [0.25, 0.3) is 0 Å². The Balaban J connectivity index is 0.00000324. The van der Waals surface area contributed by atoms with E-state index in [9.17, 15) is 0 Å². The van der Waals surface area contributed by atoms with Gasteiger partial charge < -0.3 is 15.5 Å². The predicted octanol–water partition coefficient (Wildman–Crippen LogP) is 2.32. The Morgan fingerprint density at radius 2 is 1.68 bits per heavy atom. The van der Waals surface area contributed by atoms with E-state index in [0.717, 1.165) is 32.1 Å². The van der Waals surface area contributed by atoms with Gasteiger partial charge in [0.05, 0.1) is 6.54 Å².